The van der Waals surface area contributed by atoms with Gasteiger partial charge in [0.15, 0.2) is 0 Å². The lowest BCUT2D eigenvalue weighted by Gasteiger charge is -2.41. The van der Waals surface area contributed by atoms with Crippen LogP contribution in [-0.2, 0) is 0 Å². The first-order chi connectivity index (χ1) is 8.16. The highest BCUT2D eigenvalue weighted by Crippen LogP contribution is 2.27. The third-order valence-electron chi connectivity index (χ3n) is 4.48. The molecule has 0 spiro atoms. The summed E-state index contributed by atoms with van der Waals surface area (Å²) in [5, 5.41) is 3.65. The molecule has 2 nitrogen and oxygen atoms in total. The Morgan fingerprint density at radius 3 is 2.82 bits per heavy atom. The third kappa shape index (κ3) is 3.87. The van der Waals surface area contributed by atoms with Crippen LogP contribution in [-0.4, -0.2) is 48.1 Å². The molecule has 2 fully saturated rings. The first kappa shape index (κ1) is 13.7. The minimum Gasteiger partial charge on any atom is -0.312 e. The van der Waals surface area contributed by atoms with E-state index in [1.165, 1.54) is 44.0 Å². The van der Waals surface area contributed by atoms with Gasteiger partial charge in [-0.1, -0.05) is 13.8 Å². The molecule has 2 heterocycles. The molecule has 0 aliphatic carbocycles. The fraction of sp³-hybridized carbons (Fsp3) is 1.00. The molecule has 0 aromatic heterocycles. The Labute approximate surface area is 111 Å². The van der Waals surface area contributed by atoms with Gasteiger partial charge in [0.1, 0.15) is 0 Å². The Morgan fingerprint density at radius 1 is 1.29 bits per heavy atom. The Kier molecular flexibility index (Phi) is 5.19. The fourth-order valence-electron chi connectivity index (χ4n) is 3.25. The van der Waals surface area contributed by atoms with Gasteiger partial charge in [-0.15, -0.1) is 0 Å². The van der Waals surface area contributed by atoms with Crippen LogP contribution in [0.25, 0.3) is 0 Å². The topological polar surface area (TPSA) is 15.3 Å². The summed E-state index contributed by atoms with van der Waals surface area (Å²) in [7, 11) is 0. The maximum Gasteiger partial charge on any atom is 0.0170 e. The van der Waals surface area contributed by atoms with Crippen molar-refractivity contribution in [3.8, 4) is 0 Å². The molecule has 4 atom stereocenters. The Balaban J connectivity index is 1.76. The summed E-state index contributed by atoms with van der Waals surface area (Å²) in [6.45, 7) is 11.0. The quantitative estimate of drug-likeness (QED) is 0.835. The van der Waals surface area contributed by atoms with E-state index in [0.717, 1.165) is 23.9 Å². The molecule has 0 aromatic carbocycles. The maximum atomic E-state index is 3.65. The lowest BCUT2D eigenvalue weighted by Crippen LogP contribution is -2.48. The Bertz CT molecular complexity index is 228. The van der Waals surface area contributed by atoms with Crippen molar-refractivity contribution in [2.24, 2.45) is 11.8 Å². The third-order valence-corrected chi connectivity index (χ3v) is 5.61. The lowest BCUT2D eigenvalue weighted by molar-refractivity contribution is 0.0765. The molecule has 0 aromatic rings. The number of nitrogens with zero attached hydrogens (tertiary/aromatic N) is 1. The van der Waals surface area contributed by atoms with Gasteiger partial charge in [-0.3, -0.25) is 0 Å². The smallest absolute Gasteiger partial charge is 0.0170 e. The summed E-state index contributed by atoms with van der Waals surface area (Å²) < 4.78 is 0. The molecule has 0 saturated carbocycles. The molecule has 0 amide bonds. The molecule has 17 heavy (non-hydrogen) atoms. The van der Waals surface area contributed by atoms with Crippen molar-refractivity contribution in [2.75, 3.05) is 31.1 Å². The summed E-state index contributed by atoms with van der Waals surface area (Å²) in [5.41, 5.74) is 0. The molecule has 2 rings (SSSR count). The molecule has 2 aliphatic rings. The molecule has 2 saturated heterocycles. The summed E-state index contributed by atoms with van der Waals surface area (Å²) in [6.07, 6.45) is 2.74. The zero-order chi connectivity index (χ0) is 12.3. The van der Waals surface area contributed by atoms with Crippen molar-refractivity contribution in [1.29, 1.82) is 0 Å². The van der Waals surface area contributed by atoms with E-state index in [9.17, 15) is 0 Å². The number of nitrogens with one attached hydrogen (secondary N) is 1. The molecule has 2 aliphatic heterocycles. The van der Waals surface area contributed by atoms with Gasteiger partial charge in [0, 0.05) is 36.7 Å². The van der Waals surface area contributed by atoms with Crippen LogP contribution in [0.4, 0.5) is 0 Å². The predicted octanol–water partition coefficient (Wildman–Crippen LogP) is 2.45. The van der Waals surface area contributed by atoms with E-state index >= 15 is 0 Å². The highest BCUT2D eigenvalue weighted by atomic mass is 32.2. The van der Waals surface area contributed by atoms with Crippen LogP contribution in [0.2, 0.25) is 0 Å². The van der Waals surface area contributed by atoms with E-state index in [1.807, 2.05) is 0 Å². The van der Waals surface area contributed by atoms with Crippen molar-refractivity contribution in [2.45, 2.75) is 45.7 Å². The van der Waals surface area contributed by atoms with Gasteiger partial charge in [0.2, 0.25) is 0 Å². The molecule has 0 radical (unpaired) electrons. The van der Waals surface area contributed by atoms with E-state index in [2.05, 4.69) is 42.7 Å². The molecule has 100 valence electrons. The van der Waals surface area contributed by atoms with E-state index < -0.39 is 0 Å². The number of thioether (sulfide) groups is 1. The van der Waals surface area contributed by atoms with E-state index in [0.29, 0.717) is 0 Å². The van der Waals surface area contributed by atoms with Crippen molar-refractivity contribution in [3.63, 3.8) is 0 Å². The lowest BCUT2D eigenvalue weighted by atomic mass is 9.86. The van der Waals surface area contributed by atoms with Crippen LogP contribution in [0.15, 0.2) is 0 Å². The van der Waals surface area contributed by atoms with Crippen LogP contribution in [0.3, 0.4) is 0 Å². The summed E-state index contributed by atoms with van der Waals surface area (Å²) in [6, 6.07) is 1.54. The molecule has 4 unspecified atom stereocenters. The maximum absolute atomic E-state index is 3.65. The Hall–Kier alpha value is 0.270. The monoisotopic (exact) mass is 256 g/mol. The van der Waals surface area contributed by atoms with E-state index in [1.54, 1.807) is 0 Å². The second-order valence-electron chi connectivity index (χ2n) is 6.07. The van der Waals surface area contributed by atoms with Gasteiger partial charge in [-0.25, -0.2) is 0 Å². The van der Waals surface area contributed by atoms with E-state index in [4.69, 9.17) is 0 Å². The highest BCUT2D eigenvalue weighted by molar-refractivity contribution is 7.99. The van der Waals surface area contributed by atoms with Crippen molar-refractivity contribution in [3.05, 3.63) is 0 Å². The number of piperidine rings is 1. The average Bonchev–Trinajstić information content (AvgIpc) is 2.33. The highest BCUT2D eigenvalue weighted by Gasteiger charge is 2.28. The van der Waals surface area contributed by atoms with Crippen LogP contribution < -0.4 is 5.32 Å². The van der Waals surface area contributed by atoms with Gasteiger partial charge < -0.3 is 10.2 Å². The van der Waals surface area contributed by atoms with Crippen LogP contribution in [0.1, 0.15) is 33.6 Å². The van der Waals surface area contributed by atoms with Gasteiger partial charge in [0.25, 0.3) is 0 Å². The molecule has 0 bridgehead atoms. The van der Waals surface area contributed by atoms with Crippen molar-refractivity contribution in [1.82, 2.24) is 10.2 Å². The molecular weight excluding hydrogens is 228 g/mol. The van der Waals surface area contributed by atoms with Crippen molar-refractivity contribution < 1.29 is 0 Å². The summed E-state index contributed by atoms with van der Waals surface area (Å²) in [5.74, 6) is 4.36. The zero-order valence-corrected chi connectivity index (χ0v) is 12.4. The number of likely N-dealkylation sites (tertiary alicyclic amines) is 1. The SMILES string of the molecule is CC1CC(C)C(C)N(CCC2CSCCN2)C1. The first-order valence-corrected chi connectivity index (χ1v) is 8.37. The van der Waals surface area contributed by atoms with Crippen LogP contribution in [0, 0.1) is 11.8 Å². The van der Waals surface area contributed by atoms with Crippen molar-refractivity contribution >= 4 is 11.8 Å². The van der Waals surface area contributed by atoms with Crippen LogP contribution >= 0.6 is 11.8 Å². The zero-order valence-electron chi connectivity index (χ0n) is 11.6. The van der Waals surface area contributed by atoms with Gasteiger partial charge >= 0.3 is 0 Å². The summed E-state index contributed by atoms with van der Waals surface area (Å²) in [4.78, 5) is 2.72. The minimum absolute atomic E-state index is 0.758. The van der Waals surface area contributed by atoms with Crippen LogP contribution in [0.5, 0.6) is 0 Å². The minimum atomic E-state index is 0.758. The summed E-state index contributed by atoms with van der Waals surface area (Å²) >= 11 is 2.11. The average molecular weight is 256 g/mol. The predicted molar refractivity (Wildman–Crippen MR) is 77.7 cm³/mol. The first-order valence-electron chi connectivity index (χ1n) is 7.22. The molecular formula is C14H28N2S. The van der Waals surface area contributed by atoms with Gasteiger partial charge in [-0.05, 0) is 38.1 Å². The van der Waals surface area contributed by atoms with Gasteiger partial charge in [0.05, 0.1) is 0 Å². The molecule has 3 heteroatoms. The van der Waals surface area contributed by atoms with E-state index in [-0.39, 0.29) is 0 Å². The second kappa shape index (κ2) is 6.44. The fourth-order valence-corrected chi connectivity index (χ4v) is 4.25. The largest absolute Gasteiger partial charge is 0.312 e. The molecule has 1 N–H and O–H groups in total. The Morgan fingerprint density at radius 2 is 2.12 bits per heavy atom. The number of hydrogen-bond acceptors (Lipinski definition) is 3. The number of hydrogen-bond donors (Lipinski definition) is 1. The normalized spacial score (nSPS) is 40.4. The second-order valence-corrected chi connectivity index (χ2v) is 7.22. The number of rotatable bonds is 3. The van der Waals surface area contributed by atoms with Gasteiger partial charge in [-0.2, -0.15) is 11.8 Å². The standard InChI is InChI=1S/C14H28N2S/c1-11-8-12(2)13(3)16(9-11)6-4-14-10-17-7-5-15-14/h11-15H,4-10H2,1-3H3.